The van der Waals surface area contributed by atoms with Crippen LogP contribution in [0.5, 0.6) is 0 Å². The summed E-state index contributed by atoms with van der Waals surface area (Å²) < 4.78 is 0. The third-order valence-electron chi connectivity index (χ3n) is 4.65. The summed E-state index contributed by atoms with van der Waals surface area (Å²) in [6.45, 7) is 3.12. The Morgan fingerprint density at radius 1 is 1.33 bits per heavy atom. The van der Waals surface area contributed by atoms with Gasteiger partial charge < -0.3 is 10.6 Å². The molecule has 0 aromatic carbocycles. The fourth-order valence-corrected chi connectivity index (χ4v) is 3.77. The standard InChI is InChI=1S/C14H26N2O.ClH/c1-10(16-14(17)4-3-7-15-2)13-9-11-5-6-12(13)8-11;/h10-13,15H,3-9H2,1-2H3,(H,16,17);1H. The van der Waals surface area contributed by atoms with Gasteiger partial charge in [-0.1, -0.05) is 6.42 Å². The minimum atomic E-state index is 0. The Morgan fingerprint density at radius 2 is 2.11 bits per heavy atom. The molecule has 0 aromatic heterocycles. The lowest BCUT2D eigenvalue weighted by Crippen LogP contribution is -2.40. The molecule has 4 unspecified atom stereocenters. The highest BCUT2D eigenvalue weighted by atomic mass is 35.5. The molecule has 0 radical (unpaired) electrons. The fourth-order valence-electron chi connectivity index (χ4n) is 3.77. The predicted octanol–water partition coefficient (Wildman–Crippen LogP) is 2.35. The Kier molecular flexibility index (Phi) is 6.44. The van der Waals surface area contributed by atoms with Crippen LogP contribution in [0.2, 0.25) is 0 Å². The second-order valence-electron chi connectivity index (χ2n) is 5.90. The van der Waals surface area contributed by atoms with Crippen LogP contribution in [0.1, 0.15) is 45.4 Å². The summed E-state index contributed by atoms with van der Waals surface area (Å²) >= 11 is 0. The molecule has 18 heavy (non-hydrogen) atoms. The molecule has 0 aliphatic heterocycles. The molecule has 2 N–H and O–H groups in total. The molecule has 2 aliphatic rings. The zero-order valence-electron chi connectivity index (χ0n) is 11.6. The molecule has 0 spiro atoms. The Hall–Kier alpha value is -0.280. The maximum absolute atomic E-state index is 11.8. The SMILES string of the molecule is CNCCCC(=O)NC(C)C1CC2CCC1C2.Cl. The molecule has 3 nitrogen and oxygen atoms in total. The molecule has 2 rings (SSSR count). The third-order valence-corrected chi connectivity index (χ3v) is 4.65. The largest absolute Gasteiger partial charge is 0.353 e. The smallest absolute Gasteiger partial charge is 0.220 e. The molecular formula is C14H27ClN2O. The number of hydrogen-bond acceptors (Lipinski definition) is 2. The molecule has 0 heterocycles. The highest BCUT2D eigenvalue weighted by Crippen LogP contribution is 2.49. The topological polar surface area (TPSA) is 41.1 Å². The molecule has 106 valence electrons. The van der Waals surface area contributed by atoms with Crippen molar-refractivity contribution in [3.63, 3.8) is 0 Å². The van der Waals surface area contributed by atoms with Crippen LogP contribution in [0.4, 0.5) is 0 Å². The third kappa shape index (κ3) is 3.86. The molecule has 4 heteroatoms. The van der Waals surface area contributed by atoms with E-state index in [1.165, 1.54) is 25.7 Å². The van der Waals surface area contributed by atoms with Crippen LogP contribution in [0, 0.1) is 17.8 Å². The van der Waals surface area contributed by atoms with Gasteiger partial charge in [0.05, 0.1) is 0 Å². The first-order valence-electron chi connectivity index (χ1n) is 7.14. The Labute approximate surface area is 117 Å². The van der Waals surface area contributed by atoms with Gasteiger partial charge in [-0.15, -0.1) is 12.4 Å². The summed E-state index contributed by atoms with van der Waals surface area (Å²) in [4.78, 5) is 11.8. The average Bonchev–Trinajstić information content (AvgIpc) is 2.91. The number of carbonyl (C=O) groups excluding carboxylic acids is 1. The van der Waals surface area contributed by atoms with Gasteiger partial charge in [0.15, 0.2) is 0 Å². The van der Waals surface area contributed by atoms with Crippen LogP contribution >= 0.6 is 12.4 Å². The summed E-state index contributed by atoms with van der Waals surface area (Å²) in [5, 5.41) is 6.27. The van der Waals surface area contributed by atoms with Crippen molar-refractivity contribution in [3.8, 4) is 0 Å². The number of fused-ring (bicyclic) bond motifs is 2. The van der Waals surface area contributed by atoms with Crippen LogP contribution in [-0.4, -0.2) is 25.5 Å². The quantitative estimate of drug-likeness (QED) is 0.730. The van der Waals surface area contributed by atoms with Gasteiger partial charge in [-0.25, -0.2) is 0 Å². The van der Waals surface area contributed by atoms with Gasteiger partial charge in [-0.05, 0) is 64.0 Å². The number of hydrogen-bond donors (Lipinski definition) is 2. The van der Waals surface area contributed by atoms with Crippen molar-refractivity contribution >= 4 is 18.3 Å². The number of amides is 1. The van der Waals surface area contributed by atoms with Crippen LogP contribution in [0.25, 0.3) is 0 Å². The minimum Gasteiger partial charge on any atom is -0.353 e. The van der Waals surface area contributed by atoms with Crippen LogP contribution in [-0.2, 0) is 4.79 Å². The van der Waals surface area contributed by atoms with Crippen LogP contribution < -0.4 is 10.6 Å². The Bertz CT molecular complexity index is 273. The van der Waals surface area contributed by atoms with E-state index in [1.54, 1.807) is 0 Å². The lowest BCUT2D eigenvalue weighted by molar-refractivity contribution is -0.122. The zero-order valence-corrected chi connectivity index (χ0v) is 12.4. The highest BCUT2D eigenvalue weighted by Gasteiger charge is 2.41. The van der Waals surface area contributed by atoms with Gasteiger partial charge in [0.2, 0.25) is 5.91 Å². The van der Waals surface area contributed by atoms with E-state index >= 15 is 0 Å². The van der Waals surface area contributed by atoms with E-state index < -0.39 is 0 Å². The number of rotatable bonds is 6. The van der Waals surface area contributed by atoms with E-state index in [2.05, 4.69) is 17.6 Å². The normalized spacial score (nSPS) is 30.9. The number of carbonyl (C=O) groups is 1. The van der Waals surface area contributed by atoms with Crippen molar-refractivity contribution in [1.82, 2.24) is 10.6 Å². The zero-order chi connectivity index (χ0) is 12.3. The molecule has 1 amide bonds. The second kappa shape index (κ2) is 7.34. The molecule has 0 aromatic rings. The van der Waals surface area contributed by atoms with Gasteiger partial charge in [0, 0.05) is 12.5 Å². The molecule has 2 bridgehead atoms. The van der Waals surface area contributed by atoms with E-state index in [-0.39, 0.29) is 18.3 Å². The van der Waals surface area contributed by atoms with Gasteiger partial charge in [0.1, 0.15) is 0 Å². The van der Waals surface area contributed by atoms with E-state index in [9.17, 15) is 4.79 Å². The Balaban J connectivity index is 0.00000162. The van der Waals surface area contributed by atoms with E-state index in [1.807, 2.05) is 7.05 Å². The number of halogens is 1. The molecular weight excluding hydrogens is 248 g/mol. The van der Waals surface area contributed by atoms with Gasteiger partial charge in [0.25, 0.3) is 0 Å². The molecule has 2 saturated carbocycles. The lowest BCUT2D eigenvalue weighted by Gasteiger charge is -2.28. The lowest BCUT2D eigenvalue weighted by atomic mass is 9.84. The maximum Gasteiger partial charge on any atom is 0.220 e. The van der Waals surface area contributed by atoms with Crippen molar-refractivity contribution in [2.24, 2.45) is 17.8 Å². The average molecular weight is 275 g/mol. The van der Waals surface area contributed by atoms with Crippen LogP contribution in [0.3, 0.4) is 0 Å². The van der Waals surface area contributed by atoms with E-state index in [0.29, 0.717) is 12.5 Å². The monoisotopic (exact) mass is 274 g/mol. The summed E-state index contributed by atoms with van der Waals surface area (Å²) in [6.07, 6.45) is 7.20. The van der Waals surface area contributed by atoms with Crippen molar-refractivity contribution < 1.29 is 4.79 Å². The second-order valence-corrected chi connectivity index (χ2v) is 5.90. The van der Waals surface area contributed by atoms with E-state index in [0.717, 1.165) is 30.7 Å². The van der Waals surface area contributed by atoms with Gasteiger partial charge in [-0.2, -0.15) is 0 Å². The molecule has 2 fully saturated rings. The first-order chi connectivity index (χ1) is 8.20. The summed E-state index contributed by atoms with van der Waals surface area (Å²) in [5.41, 5.74) is 0. The predicted molar refractivity (Wildman–Crippen MR) is 77.0 cm³/mol. The van der Waals surface area contributed by atoms with Crippen molar-refractivity contribution in [2.75, 3.05) is 13.6 Å². The first-order valence-corrected chi connectivity index (χ1v) is 7.14. The minimum absolute atomic E-state index is 0. The Morgan fingerprint density at radius 3 is 2.67 bits per heavy atom. The van der Waals surface area contributed by atoms with Crippen molar-refractivity contribution in [1.29, 1.82) is 0 Å². The van der Waals surface area contributed by atoms with Crippen LogP contribution in [0.15, 0.2) is 0 Å². The van der Waals surface area contributed by atoms with Crippen molar-refractivity contribution in [2.45, 2.75) is 51.5 Å². The summed E-state index contributed by atoms with van der Waals surface area (Å²) in [5.74, 6) is 2.85. The number of nitrogens with one attached hydrogen (secondary N) is 2. The summed E-state index contributed by atoms with van der Waals surface area (Å²) in [6, 6.07) is 0.382. The molecule has 4 atom stereocenters. The molecule has 2 aliphatic carbocycles. The first kappa shape index (κ1) is 15.8. The fraction of sp³-hybridized carbons (Fsp3) is 0.929. The highest BCUT2D eigenvalue weighted by molar-refractivity contribution is 5.85. The van der Waals surface area contributed by atoms with Gasteiger partial charge >= 0.3 is 0 Å². The van der Waals surface area contributed by atoms with Crippen molar-refractivity contribution in [3.05, 3.63) is 0 Å². The maximum atomic E-state index is 11.8. The molecule has 0 saturated heterocycles. The van der Waals surface area contributed by atoms with Gasteiger partial charge in [-0.3, -0.25) is 4.79 Å². The summed E-state index contributed by atoms with van der Waals surface area (Å²) in [7, 11) is 1.93. The van der Waals surface area contributed by atoms with E-state index in [4.69, 9.17) is 0 Å².